The van der Waals surface area contributed by atoms with Crippen LogP contribution in [0.5, 0.6) is 0 Å². The van der Waals surface area contributed by atoms with Gasteiger partial charge in [0.05, 0.1) is 6.54 Å². The van der Waals surface area contributed by atoms with Crippen LogP contribution in [0.1, 0.15) is 59.3 Å². The van der Waals surface area contributed by atoms with Crippen molar-refractivity contribution in [2.45, 2.75) is 65.3 Å². The van der Waals surface area contributed by atoms with E-state index in [0.717, 1.165) is 19.0 Å². The van der Waals surface area contributed by atoms with Crippen molar-refractivity contribution < 1.29 is 4.79 Å². The monoisotopic (exact) mass is 268 g/mol. The first-order valence-corrected chi connectivity index (χ1v) is 8.06. The largest absolute Gasteiger partial charge is 0.342 e. The molecule has 1 rings (SSSR count). The van der Waals surface area contributed by atoms with E-state index in [2.05, 4.69) is 25.7 Å². The molecule has 0 aliphatic heterocycles. The van der Waals surface area contributed by atoms with E-state index in [-0.39, 0.29) is 0 Å². The van der Waals surface area contributed by atoms with Crippen molar-refractivity contribution in [1.29, 1.82) is 0 Å². The van der Waals surface area contributed by atoms with Crippen LogP contribution in [0.3, 0.4) is 0 Å². The summed E-state index contributed by atoms with van der Waals surface area (Å²) in [6.45, 7) is 9.28. The summed E-state index contributed by atoms with van der Waals surface area (Å²) >= 11 is 0. The van der Waals surface area contributed by atoms with Gasteiger partial charge in [-0.05, 0) is 51.1 Å². The summed E-state index contributed by atoms with van der Waals surface area (Å²) in [6.07, 6.45) is 7.30. The minimum absolute atomic E-state index is 0.303. The van der Waals surface area contributed by atoms with E-state index in [9.17, 15) is 4.79 Å². The summed E-state index contributed by atoms with van der Waals surface area (Å²) in [4.78, 5) is 16.6. The second-order valence-corrected chi connectivity index (χ2v) is 6.14. The highest BCUT2D eigenvalue weighted by molar-refractivity contribution is 5.78. The molecule has 0 N–H and O–H groups in total. The summed E-state index contributed by atoms with van der Waals surface area (Å²) in [7, 11) is 2.00. The van der Waals surface area contributed by atoms with Gasteiger partial charge in [-0.25, -0.2) is 0 Å². The molecule has 0 aromatic heterocycles. The van der Waals surface area contributed by atoms with Gasteiger partial charge < -0.3 is 4.90 Å². The summed E-state index contributed by atoms with van der Waals surface area (Å²) in [5.41, 5.74) is 0. The number of hydrogen-bond acceptors (Lipinski definition) is 2. The Morgan fingerprint density at radius 2 is 1.79 bits per heavy atom. The maximum absolute atomic E-state index is 12.3. The van der Waals surface area contributed by atoms with Gasteiger partial charge in [0.15, 0.2) is 0 Å². The fourth-order valence-corrected chi connectivity index (χ4v) is 2.87. The zero-order valence-corrected chi connectivity index (χ0v) is 13.3. The van der Waals surface area contributed by atoms with Crippen LogP contribution >= 0.6 is 0 Å². The topological polar surface area (TPSA) is 23.6 Å². The van der Waals surface area contributed by atoms with Gasteiger partial charge in [-0.2, -0.15) is 0 Å². The van der Waals surface area contributed by atoms with Gasteiger partial charge in [-0.1, -0.05) is 27.2 Å². The fourth-order valence-electron chi connectivity index (χ4n) is 2.87. The van der Waals surface area contributed by atoms with Gasteiger partial charge in [0.25, 0.3) is 0 Å². The number of carbonyl (C=O) groups is 1. The van der Waals surface area contributed by atoms with Gasteiger partial charge >= 0.3 is 0 Å². The number of amides is 1. The summed E-state index contributed by atoms with van der Waals surface area (Å²) in [6, 6.07) is 0.480. The molecule has 0 heterocycles. The third-order valence-corrected chi connectivity index (χ3v) is 4.56. The van der Waals surface area contributed by atoms with E-state index in [0.29, 0.717) is 18.5 Å². The minimum Gasteiger partial charge on any atom is -0.342 e. The molecule has 0 atom stereocenters. The molecule has 0 aromatic rings. The van der Waals surface area contributed by atoms with Crippen molar-refractivity contribution in [1.82, 2.24) is 9.80 Å². The van der Waals surface area contributed by atoms with Gasteiger partial charge in [0.1, 0.15) is 0 Å². The fraction of sp³-hybridized carbons (Fsp3) is 0.938. The van der Waals surface area contributed by atoms with Gasteiger partial charge in [0.2, 0.25) is 5.91 Å². The third-order valence-electron chi connectivity index (χ3n) is 4.56. The molecule has 3 heteroatoms. The van der Waals surface area contributed by atoms with Crippen LogP contribution in [-0.2, 0) is 4.79 Å². The Kier molecular flexibility index (Phi) is 7.44. The molecule has 1 aliphatic carbocycles. The average molecular weight is 268 g/mol. The van der Waals surface area contributed by atoms with Crippen molar-refractivity contribution in [2.75, 3.05) is 26.7 Å². The molecule has 1 saturated carbocycles. The zero-order chi connectivity index (χ0) is 14.3. The first kappa shape index (κ1) is 16.5. The molecule has 0 radical (unpaired) electrons. The highest BCUT2D eigenvalue weighted by atomic mass is 16.2. The molecule has 0 unspecified atom stereocenters. The average Bonchev–Trinajstić information content (AvgIpc) is 2.43. The standard InChI is InChI=1S/C16H32N2O/c1-5-7-12-18(6-2)13-16(19)17(4)15-10-8-14(3)9-11-15/h14-15H,5-13H2,1-4H3. The molecular weight excluding hydrogens is 236 g/mol. The molecule has 1 fully saturated rings. The Morgan fingerprint density at radius 1 is 1.16 bits per heavy atom. The molecule has 0 saturated heterocycles. The van der Waals surface area contributed by atoms with Crippen molar-refractivity contribution in [3.8, 4) is 0 Å². The van der Waals surface area contributed by atoms with E-state index >= 15 is 0 Å². The van der Waals surface area contributed by atoms with Crippen LogP contribution in [0.15, 0.2) is 0 Å². The minimum atomic E-state index is 0.303. The number of rotatable bonds is 7. The number of unbranched alkanes of at least 4 members (excludes halogenated alkanes) is 1. The number of hydrogen-bond donors (Lipinski definition) is 0. The lowest BCUT2D eigenvalue weighted by molar-refractivity contribution is -0.133. The van der Waals surface area contributed by atoms with Gasteiger partial charge in [-0.15, -0.1) is 0 Å². The van der Waals surface area contributed by atoms with Crippen LogP contribution in [-0.4, -0.2) is 48.4 Å². The molecule has 0 spiro atoms. The number of nitrogens with zero attached hydrogens (tertiary/aromatic N) is 2. The Balaban J connectivity index is 2.38. The molecular formula is C16H32N2O. The van der Waals surface area contributed by atoms with Gasteiger partial charge in [-0.3, -0.25) is 9.69 Å². The third kappa shape index (κ3) is 5.52. The second-order valence-electron chi connectivity index (χ2n) is 6.14. The molecule has 1 aliphatic rings. The highest BCUT2D eigenvalue weighted by Crippen LogP contribution is 2.26. The Morgan fingerprint density at radius 3 is 2.32 bits per heavy atom. The van der Waals surface area contributed by atoms with E-state index in [1.807, 2.05) is 11.9 Å². The molecule has 0 aromatic carbocycles. The lowest BCUT2D eigenvalue weighted by Gasteiger charge is -2.34. The lowest BCUT2D eigenvalue weighted by atomic mass is 9.87. The summed E-state index contributed by atoms with van der Waals surface area (Å²) < 4.78 is 0. The smallest absolute Gasteiger partial charge is 0.236 e. The van der Waals surface area contributed by atoms with Crippen molar-refractivity contribution in [3.05, 3.63) is 0 Å². The van der Waals surface area contributed by atoms with Gasteiger partial charge in [0, 0.05) is 13.1 Å². The summed E-state index contributed by atoms with van der Waals surface area (Å²) in [5, 5.41) is 0. The van der Waals surface area contributed by atoms with Crippen LogP contribution in [0.4, 0.5) is 0 Å². The van der Waals surface area contributed by atoms with E-state index in [1.54, 1.807) is 0 Å². The maximum Gasteiger partial charge on any atom is 0.236 e. The molecule has 1 amide bonds. The molecule has 3 nitrogen and oxygen atoms in total. The van der Waals surface area contributed by atoms with Crippen LogP contribution in [0, 0.1) is 5.92 Å². The zero-order valence-electron chi connectivity index (χ0n) is 13.3. The molecule has 0 bridgehead atoms. The maximum atomic E-state index is 12.3. The first-order chi connectivity index (χ1) is 9.08. The van der Waals surface area contributed by atoms with E-state index < -0.39 is 0 Å². The van der Waals surface area contributed by atoms with Crippen molar-refractivity contribution in [3.63, 3.8) is 0 Å². The predicted octanol–water partition coefficient (Wildman–Crippen LogP) is 3.15. The Hall–Kier alpha value is -0.570. The summed E-state index contributed by atoms with van der Waals surface area (Å²) in [5.74, 6) is 1.15. The highest BCUT2D eigenvalue weighted by Gasteiger charge is 2.25. The lowest BCUT2D eigenvalue weighted by Crippen LogP contribution is -2.44. The Bertz CT molecular complexity index is 259. The van der Waals surface area contributed by atoms with Crippen LogP contribution in [0.25, 0.3) is 0 Å². The van der Waals surface area contributed by atoms with Crippen molar-refractivity contribution in [2.24, 2.45) is 5.92 Å². The van der Waals surface area contributed by atoms with E-state index in [4.69, 9.17) is 0 Å². The first-order valence-electron chi connectivity index (χ1n) is 8.06. The number of carbonyl (C=O) groups excluding carboxylic acids is 1. The predicted molar refractivity (Wildman–Crippen MR) is 81.2 cm³/mol. The number of likely N-dealkylation sites (N-methyl/N-ethyl adjacent to an activating group) is 2. The SMILES string of the molecule is CCCCN(CC)CC(=O)N(C)C1CCC(C)CC1. The quantitative estimate of drug-likeness (QED) is 0.708. The van der Waals surface area contributed by atoms with E-state index in [1.165, 1.54) is 38.5 Å². The molecule has 112 valence electrons. The van der Waals surface area contributed by atoms with Crippen molar-refractivity contribution >= 4 is 5.91 Å². The van der Waals surface area contributed by atoms with Crippen LogP contribution < -0.4 is 0 Å². The normalized spacial score (nSPS) is 23.6. The Labute approximate surface area is 119 Å². The van der Waals surface area contributed by atoms with Crippen LogP contribution in [0.2, 0.25) is 0 Å². The molecule has 19 heavy (non-hydrogen) atoms. The second kappa shape index (κ2) is 8.57.